The molecule has 0 spiro atoms. The van der Waals surface area contributed by atoms with Crippen molar-refractivity contribution < 1.29 is 13.2 Å². The van der Waals surface area contributed by atoms with Gasteiger partial charge in [0.25, 0.3) is 0 Å². The van der Waals surface area contributed by atoms with Gasteiger partial charge in [-0.2, -0.15) is 0 Å². The van der Waals surface area contributed by atoms with Crippen molar-refractivity contribution in [3.63, 3.8) is 0 Å². The fourth-order valence-corrected chi connectivity index (χ4v) is 3.54. The Balaban J connectivity index is 1.66. The van der Waals surface area contributed by atoms with Gasteiger partial charge in [0.1, 0.15) is 0 Å². The standard InChI is InChI=1S/C21H21NO3S/c1-15(17-9-11-20(12-10-17)26(2,24)25)22-21(23)14-16-7-8-18-5-3-4-6-19(18)13-16/h3-13,15H,14H2,1-2H3,(H,22,23). The van der Waals surface area contributed by atoms with Gasteiger partial charge < -0.3 is 5.32 Å². The highest BCUT2D eigenvalue weighted by atomic mass is 32.2. The van der Waals surface area contributed by atoms with Crippen LogP contribution in [-0.2, 0) is 21.1 Å². The zero-order chi connectivity index (χ0) is 18.7. The number of benzene rings is 3. The van der Waals surface area contributed by atoms with Crippen molar-refractivity contribution in [2.24, 2.45) is 0 Å². The van der Waals surface area contributed by atoms with Gasteiger partial charge >= 0.3 is 0 Å². The third kappa shape index (κ3) is 4.29. The highest BCUT2D eigenvalue weighted by Gasteiger charge is 2.12. The predicted molar refractivity (Wildman–Crippen MR) is 104 cm³/mol. The van der Waals surface area contributed by atoms with Crippen LogP contribution >= 0.6 is 0 Å². The first kappa shape index (κ1) is 18.1. The molecule has 0 aliphatic rings. The maximum Gasteiger partial charge on any atom is 0.224 e. The Morgan fingerprint density at radius 1 is 0.962 bits per heavy atom. The minimum absolute atomic E-state index is 0.0695. The molecule has 0 saturated carbocycles. The molecule has 1 N–H and O–H groups in total. The molecule has 0 fully saturated rings. The lowest BCUT2D eigenvalue weighted by Gasteiger charge is -2.15. The van der Waals surface area contributed by atoms with Crippen LogP contribution in [0, 0.1) is 0 Å². The molecule has 0 aliphatic heterocycles. The summed E-state index contributed by atoms with van der Waals surface area (Å²) in [6.45, 7) is 1.88. The first-order chi connectivity index (χ1) is 12.3. The van der Waals surface area contributed by atoms with Crippen molar-refractivity contribution >= 4 is 26.5 Å². The van der Waals surface area contributed by atoms with Gasteiger partial charge in [0.15, 0.2) is 9.84 Å². The molecule has 0 bridgehead atoms. The molecule has 5 heteroatoms. The molecular weight excluding hydrogens is 346 g/mol. The van der Waals surface area contributed by atoms with Crippen molar-refractivity contribution in [2.45, 2.75) is 24.3 Å². The second-order valence-corrected chi connectivity index (χ2v) is 8.50. The van der Waals surface area contributed by atoms with Gasteiger partial charge in [0.05, 0.1) is 17.4 Å². The van der Waals surface area contributed by atoms with E-state index in [1.165, 1.54) is 6.26 Å². The third-order valence-corrected chi connectivity index (χ3v) is 5.49. The molecule has 0 heterocycles. The highest BCUT2D eigenvalue weighted by Crippen LogP contribution is 2.18. The van der Waals surface area contributed by atoms with Crippen LogP contribution in [0.2, 0.25) is 0 Å². The summed E-state index contributed by atoms with van der Waals surface area (Å²) in [6, 6.07) is 20.5. The number of nitrogens with one attached hydrogen (secondary N) is 1. The average molecular weight is 367 g/mol. The van der Waals surface area contributed by atoms with Gasteiger partial charge in [-0.05, 0) is 41.0 Å². The van der Waals surface area contributed by atoms with E-state index >= 15 is 0 Å². The number of amides is 1. The predicted octanol–water partition coefficient (Wildman–Crippen LogP) is 3.66. The van der Waals surface area contributed by atoms with Crippen LogP contribution < -0.4 is 5.32 Å². The average Bonchev–Trinajstić information content (AvgIpc) is 2.61. The van der Waals surface area contributed by atoms with E-state index < -0.39 is 9.84 Å². The van der Waals surface area contributed by atoms with E-state index in [0.29, 0.717) is 6.42 Å². The van der Waals surface area contributed by atoms with Gasteiger partial charge in [-0.3, -0.25) is 4.79 Å². The molecule has 0 saturated heterocycles. The molecule has 1 unspecified atom stereocenters. The van der Waals surface area contributed by atoms with E-state index in [9.17, 15) is 13.2 Å². The van der Waals surface area contributed by atoms with E-state index in [1.54, 1.807) is 24.3 Å². The lowest BCUT2D eigenvalue weighted by Crippen LogP contribution is -2.28. The highest BCUT2D eigenvalue weighted by molar-refractivity contribution is 7.90. The summed E-state index contributed by atoms with van der Waals surface area (Å²) >= 11 is 0. The van der Waals surface area contributed by atoms with Crippen LogP contribution in [0.5, 0.6) is 0 Å². The van der Waals surface area contributed by atoms with Crippen molar-refractivity contribution in [1.82, 2.24) is 5.32 Å². The monoisotopic (exact) mass is 367 g/mol. The van der Waals surface area contributed by atoms with Gasteiger partial charge in [-0.25, -0.2) is 8.42 Å². The quantitative estimate of drug-likeness (QED) is 0.748. The number of carbonyl (C=O) groups excluding carboxylic acids is 1. The number of sulfone groups is 1. The summed E-state index contributed by atoms with van der Waals surface area (Å²) in [5.41, 5.74) is 1.82. The van der Waals surface area contributed by atoms with E-state index in [-0.39, 0.29) is 16.8 Å². The van der Waals surface area contributed by atoms with Crippen LogP contribution in [0.15, 0.2) is 71.6 Å². The number of carbonyl (C=O) groups is 1. The Hall–Kier alpha value is -2.66. The van der Waals surface area contributed by atoms with E-state index in [1.807, 2.05) is 49.4 Å². The summed E-state index contributed by atoms with van der Waals surface area (Å²) < 4.78 is 23.0. The molecule has 0 aliphatic carbocycles. The summed E-state index contributed by atoms with van der Waals surface area (Å²) in [5, 5.41) is 5.22. The number of rotatable bonds is 5. The SMILES string of the molecule is CC(NC(=O)Cc1ccc2ccccc2c1)c1ccc(S(C)(=O)=O)cc1. The molecule has 3 rings (SSSR count). The topological polar surface area (TPSA) is 63.2 Å². The normalized spacial score (nSPS) is 12.7. The van der Waals surface area contributed by atoms with Gasteiger partial charge in [0, 0.05) is 6.26 Å². The van der Waals surface area contributed by atoms with Gasteiger partial charge in [0.2, 0.25) is 5.91 Å². The Bertz CT molecular complexity index is 1040. The van der Waals surface area contributed by atoms with Crippen LogP contribution in [0.1, 0.15) is 24.1 Å². The Labute approximate surface area is 153 Å². The minimum atomic E-state index is -3.21. The second kappa shape index (κ2) is 7.30. The largest absolute Gasteiger partial charge is 0.349 e. The number of hydrogen-bond donors (Lipinski definition) is 1. The maximum absolute atomic E-state index is 12.4. The van der Waals surface area contributed by atoms with E-state index in [0.717, 1.165) is 21.9 Å². The fraction of sp³-hybridized carbons (Fsp3) is 0.190. The molecule has 26 heavy (non-hydrogen) atoms. The molecule has 0 aromatic heterocycles. The maximum atomic E-state index is 12.4. The summed E-state index contributed by atoms with van der Waals surface area (Å²) in [6.07, 6.45) is 1.48. The first-order valence-corrected chi connectivity index (χ1v) is 10.3. The second-order valence-electron chi connectivity index (χ2n) is 6.49. The van der Waals surface area contributed by atoms with Crippen molar-refractivity contribution in [3.05, 3.63) is 77.9 Å². The molecule has 4 nitrogen and oxygen atoms in total. The van der Waals surface area contributed by atoms with Gasteiger partial charge in [-0.1, -0.05) is 54.6 Å². The molecule has 134 valence electrons. The first-order valence-electron chi connectivity index (χ1n) is 8.40. The van der Waals surface area contributed by atoms with E-state index in [4.69, 9.17) is 0 Å². The fourth-order valence-electron chi connectivity index (χ4n) is 2.91. The smallest absolute Gasteiger partial charge is 0.224 e. The Morgan fingerprint density at radius 3 is 2.27 bits per heavy atom. The number of hydrogen-bond acceptors (Lipinski definition) is 3. The van der Waals surface area contributed by atoms with Crippen molar-refractivity contribution in [1.29, 1.82) is 0 Å². The van der Waals surface area contributed by atoms with Crippen molar-refractivity contribution in [3.8, 4) is 0 Å². The third-order valence-electron chi connectivity index (χ3n) is 4.36. The van der Waals surface area contributed by atoms with Crippen LogP contribution in [0.3, 0.4) is 0 Å². The molecule has 3 aromatic rings. The van der Waals surface area contributed by atoms with Crippen LogP contribution in [0.25, 0.3) is 10.8 Å². The summed E-state index contributed by atoms with van der Waals surface area (Å²) in [7, 11) is -3.21. The molecule has 1 amide bonds. The molecular formula is C21H21NO3S. The lowest BCUT2D eigenvalue weighted by molar-refractivity contribution is -0.121. The van der Waals surface area contributed by atoms with Crippen LogP contribution in [0.4, 0.5) is 0 Å². The Kier molecular flexibility index (Phi) is 5.09. The molecule has 3 aromatic carbocycles. The van der Waals surface area contributed by atoms with Crippen molar-refractivity contribution in [2.75, 3.05) is 6.26 Å². The molecule has 1 atom stereocenters. The van der Waals surface area contributed by atoms with E-state index in [2.05, 4.69) is 5.32 Å². The van der Waals surface area contributed by atoms with Crippen LogP contribution in [-0.4, -0.2) is 20.6 Å². The zero-order valence-corrected chi connectivity index (χ0v) is 15.6. The Morgan fingerprint density at radius 2 is 1.62 bits per heavy atom. The zero-order valence-electron chi connectivity index (χ0n) is 14.8. The summed E-state index contributed by atoms with van der Waals surface area (Å²) in [5.74, 6) is -0.0695. The lowest BCUT2D eigenvalue weighted by atomic mass is 10.0. The number of fused-ring (bicyclic) bond motifs is 1. The molecule has 0 radical (unpaired) electrons. The van der Waals surface area contributed by atoms with Gasteiger partial charge in [-0.15, -0.1) is 0 Å². The summed E-state index contributed by atoms with van der Waals surface area (Å²) in [4.78, 5) is 12.6. The minimum Gasteiger partial charge on any atom is -0.349 e.